The molecule has 0 aliphatic rings. The average molecular weight is 356 g/mol. The molecule has 1 N–H and O–H groups in total. The van der Waals surface area contributed by atoms with E-state index in [4.69, 9.17) is 4.74 Å². The molecule has 2 amide bonds. The van der Waals surface area contributed by atoms with Gasteiger partial charge in [0.25, 0.3) is 5.91 Å². The number of ether oxygens (including phenoxy) is 1. The van der Waals surface area contributed by atoms with E-state index in [2.05, 4.69) is 15.3 Å². The van der Waals surface area contributed by atoms with Crippen molar-refractivity contribution in [2.75, 3.05) is 32.1 Å². The van der Waals surface area contributed by atoms with Crippen LogP contribution in [-0.2, 0) is 9.53 Å². The molecule has 0 saturated carbocycles. The number of anilines is 1. The Morgan fingerprint density at radius 2 is 1.92 bits per heavy atom. The fourth-order valence-electron chi connectivity index (χ4n) is 2.38. The van der Waals surface area contributed by atoms with Gasteiger partial charge >= 0.3 is 0 Å². The maximum atomic E-state index is 12.6. The lowest BCUT2D eigenvalue weighted by Crippen LogP contribution is -2.35. The number of rotatable bonds is 9. The van der Waals surface area contributed by atoms with Gasteiger partial charge in [-0.25, -0.2) is 4.98 Å². The van der Waals surface area contributed by atoms with Crippen molar-refractivity contribution in [2.45, 2.75) is 19.8 Å². The molecule has 0 saturated heterocycles. The van der Waals surface area contributed by atoms with Crippen LogP contribution in [0.5, 0.6) is 0 Å². The molecule has 1 heterocycles. The lowest BCUT2D eigenvalue weighted by atomic mass is 10.2. The maximum Gasteiger partial charge on any atom is 0.274 e. The highest BCUT2D eigenvalue weighted by atomic mass is 16.5. The standard InChI is InChI=1S/C19H24N4O3/c1-15-4-6-16(7-5-15)22-18(24)8-12-23(11-3-13-26-2)19(25)17-14-20-9-10-21-17/h4-7,9-10,14H,3,8,11-13H2,1-2H3,(H,22,24). The topological polar surface area (TPSA) is 84.4 Å². The number of aryl methyl sites for hydroxylation is 1. The van der Waals surface area contributed by atoms with Crippen molar-refractivity contribution in [1.82, 2.24) is 14.9 Å². The van der Waals surface area contributed by atoms with Crippen molar-refractivity contribution in [3.8, 4) is 0 Å². The van der Waals surface area contributed by atoms with Crippen molar-refractivity contribution in [1.29, 1.82) is 0 Å². The number of benzene rings is 1. The number of amides is 2. The molecule has 1 aromatic heterocycles. The molecule has 0 radical (unpaired) electrons. The maximum absolute atomic E-state index is 12.6. The number of methoxy groups -OCH3 is 1. The largest absolute Gasteiger partial charge is 0.385 e. The monoisotopic (exact) mass is 356 g/mol. The Morgan fingerprint density at radius 3 is 2.58 bits per heavy atom. The molecule has 7 nitrogen and oxygen atoms in total. The molecular weight excluding hydrogens is 332 g/mol. The van der Waals surface area contributed by atoms with Crippen LogP contribution >= 0.6 is 0 Å². The first-order valence-electron chi connectivity index (χ1n) is 8.51. The molecule has 0 bridgehead atoms. The van der Waals surface area contributed by atoms with Gasteiger partial charge in [-0.2, -0.15) is 0 Å². The zero-order valence-electron chi connectivity index (χ0n) is 15.1. The van der Waals surface area contributed by atoms with Gasteiger partial charge in [0.1, 0.15) is 5.69 Å². The molecule has 1 aromatic carbocycles. The molecule has 0 aliphatic carbocycles. The molecule has 0 aliphatic heterocycles. The summed E-state index contributed by atoms with van der Waals surface area (Å²) in [6, 6.07) is 7.58. The summed E-state index contributed by atoms with van der Waals surface area (Å²) in [5.74, 6) is -0.380. The van der Waals surface area contributed by atoms with E-state index in [1.807, 2.05) is 31.2 Å². The molecule has 26 heavy (non-hydrogen) atoms. The summed E-state index contributed by atoms with van der Waals surface area (Å²) in [4.78, 5) is 34.4. The Balaban J connectivity index is 1.93. The molecule has 138 valence electrons. The summed E-state index contributed by atoms with van der Waals surface area (Å²) < 4.78 is 5.05. The van der Waals surface area contributed by atoms with Crippen LogP contribution in [0, 0.1) is 6.92 Å². The molecule has 2 aromatic rings. The van der Waals surface area contributed by atoms with Gasteiger partial charge in [-0.3, -0.25) is 14.6 Å². The number of hydrogen-bond acceptors (Lipinski definition) is 5. The van der Waals surface area contributed by atoms with E-state index in [-0.39, 0.29) is 23.9 Å². The summed E-state index contributed by atoms with van der Waals surface area (Å²) in [7, 11) is 1.61. The number of carbonyl (C=O) groups is 2. The van der Waals surface area contributed by atoms with Crippen LogP contribution in [0.2, 0.25) is 0 Å². The van der Waals surface area contributed by atoms with Gasteiger partial charge in [-0.15, -0.1) is 0 Å². The second kappa shape index (κ2) is 10.2. The summed E-state index contributed by atoms with van der Waals surface area (Å²) in [5, 5.41) is 2.84. The van der Waals surface area contributed by atoms with Gasteiger partial charge in [0, 0.05) is 51.3 Å². The fourth-order valence-corrected chi connectivity index (χ4v) is 2.38. The SMILES string of the molecule is COCCCN(CCC(=O)Nc1ccc(C)cc1)C(=O)c1cnccn1. The van der Waals surface area contributed by atoms with Crippen LogP contribution in [0.25, 0.3) is 0 Å². The Bertz CT molecular complexity index is 704. The highest BCUT2D eigenvalue weighted by molar-refractivity contribution is 5.93. The third-order valence-electron chi connectivity index (χ3n) is 3.79. The normalized spacial score (nSPS) is 10.4. The van der Waals surface area contributed by atoms with Gasteiger partial charge in [-0.05, 0) is 25.5 Å². The molecule has 0 unspecified atom stereocenters. The van der Waals surface area contributed by atoms with Gasteiger partial charge in [0.05, 0.1) is 6.20 Å². The number of aromatic nitrogens is 2. The third kappa shape index (κ3) is 6.25. The second-order valence-electron chi connectivity index (χ2n) is 5.89. The highest BCUT2D eigenvalue weighted by Crippen LogP contribution is 2.09. The van der Waals surface area contributed by atoms with Gasteiger partial charge in [0.15, 0.2) is 0 Å². The summed E-state index contributed by atoms with van der Waals surface area (Å²) >= 11 is 0. The van der Waals surface area contributed by atoms with Crippen molar-refractivity contribution >= 4 is 17.5 Å². The van der Waals surface area contributed by atoms with Crippen LogP contribution in [0.15, 0.2) is 42.9 Å². The Morgan fingerprint density at radius 1 is 1.15 bits per heavy atom. The molecule has 7 heteroatoms. The first kappa shape index (κ1) is 19.5. The number of hydrogen-bond donors (Lipinski definition) is 1. The van der Waals surface area contributed by atoms with Crippen molar-refractivity contribution in [3.05, 3.63) is 54.1 Å². The number of nitrogens with zero attached hydrogens (tertiary/aromatic N) is 3. The Hall–Kier alpha value is -2.80. The van der Waals surface area contributed by atoms with E-state index >= 15 is 0 Å². The quantitative estimate of drug-likeness (QED) is 0.697. The molecular formula is C19H24N4O3. The minimum atomic E-state index is -0.239. The minimum Gasteiger partial charge on any atom is -0.385 e. The predicted molar refractivity (Wildman–Crippen MR) is 98.9 cm³/mol. The summed E-state index contributed by atoms with van der Waals surface area (Å²) in [6.07, 6.45) is 5.30. The van der Waals surface area contributed by atoms with Gasteiger partial charge in [-0.1, -0.05) is 17.7 Å². The van der Waals surface area contributed by atoms with Crippen LogP contribution in [0.4, 0.5) is 5.69 Å². The minimum absolute atomic E-state index is 0.141. The zero-order valence-corrected chi connectivity index (χ0v) is 15.1. The van der Waals surface area contributed by atoms with E-state index in [0.29, 0.717) is 26.1 Å². The first-order valence-corrected chi connectivity index (χ1v) is 8.51. The predicted octanol–water partition coefficient (Wildman–Crippen LogP) is 2.29. The van der Waals surface area contributed by atoms with Crippen LogP contribution in [0.1, 0.15) is 28.9 Å². The summed E-state index contributed by atoms with van der Waals surface area (Å²) in [5.41, 5.74) is 2.14. The lowest BCUT2D eigenvalue weighted by Gasteiger charge is -2.22. The molecule has 2 rings (SSSR count). The lowest BCUT2D eigenvalue weighted by molar-refractivity contribution is -0.116. The molecule has 0 atom stereocenters. The zero-order chi connectivity index (χ0) is 18.8. The van der Waals surface area contributed by atoms with E-state index < -0.39 is 0 Å². The average Bonchev–Trinajstić information content (AvgIpc) is 2.66. The number of carbonyl (C=O) groups excluding carboxylic acids is 2. The Kier molecular flexibility index (Phi) is 7.70. The van der Waals surface area contributed by atoms with Crippen molar-refractivity contribution in [2.24, 2.45) is 0 Å². The third-order valence-corrected chi connectivity index (χ3v) is 3.79. The van der Waals surface area contributed by atoms with E-state index in [1.165, 1.54) is 18.6 Å². The Labute approximate surface area is 153 Å². The van der Waals surface area contributed by atoms with E-state index in [9.17, 15) is 9.59 Å². The molecule has 0 fully saturated rings. The highest BCUT2D eigenvalue weighted by Gasteiger charge is 2.18. The molecule has 0 spiro atoms. The van der Waals surface area contributed by atoms with Crippen LogP contribution < -0.4 is 5.32 Å². The smallest absolute Gasteiger partial charge is 0.274 e. The van der Waals surface area contributed by atoms with E-state index in [0.717, 1.165) is 11.3 Å². The van der Waals surface area contributed by atoms with Gasteiger partial charge < -0.3 is 15.0 Å². The van der Waals surface area contributed by atoms with Crippen LogP contribution in [0.3, 0.4) is 0 Å². The number of nitrogens with one attached hydrogen (secondary N) is 1. The van der Waals surface area contributed by atoms with E-state index in [1.54, 1.807) is 12.0 Å². The van der Waals surface area contributed by atoms with Crippen molar-refractivity contribution < 1.29 is 14.3 Å². The van der Waals surface area contributed by atoms with Gasteiger partial charge in [0.2, 0.25) is 5.91 Å². The van der Waals surface area contributed by atoms with Crippen molar-refractivity contribution in [3.63, 3.8) is 0 Å². The second-order valence-corrected chi connectivity index (χ2v) is 5.89. The van der Waals surface area contributed by atoms with Crippen LogP contribution in [-0.4, -0.2) is 53.5 Å². The fraction of sp³-hybridized carbons (Fsp3) is 0.368. The first-order chi connectivity index (χ1) is 12.6. The summed E-state index contributed by atoms with van der Waals surface area (Å²) in [6.45, 7) is 3.32.